The van der Waals surface area contributed by atoms with Crippen molar-refractivity contribution in [2.45, 2.75) is 38.6 Å². The standard InChI is InChI=1S/C16H24N2O3/c1-3-21-14-8-6-13(11-15(14)20-2)18-16(19)9-7-12-5-4-10-17-12/h6,8,11-12,17H,3-5,7,9-10H2,1-2H3,(H,18,19). The maximum absolute atomic E-state index is 12.0. The van der Waals surface area contributed by atoms with Crippen molar-refractivity contribution in [1.82, 2.24) is 5.32 Å². The van der Waals surface area contributed by atoms with Crippen LogP contribution in [0, 0.1) is 0 Å². The molecule has 21 heavy (non-hydrogen) atoms. The fourth-order valence-corrected chi connectivity index (χ4v) is 2.55. The van der Waals surface area contributed by atoms with Crippen LogP contribution in [0.1, 0.15) is 32.6 Å². The zero-order chi connectivity index (χ0) is 15.1. The van der Waals surface area contributed by atoms with Crippen molar-refractivity contribution in [3.05, 3.63) is 18.2 Å². The van der Waals surface area contributed by atoms with Crippen LogP contribution in [0.15, 0.2) is 18.2 Å². The maximum atomic E-state index is 12.0. The van der Waals surface area contributed by atoms with Gasteiger partial charge in [0.25, 0.3) is 0 Å². The number of anilines is 1. The molecule has 1 aliphatic rings. The molecule has 1 amide bonds. The normalized spacial score (nSPS) is 17.5. The molecule has 1 heterocycles. The lowest BCUT2D eigenvalue weighted by atomic mass is 10.1. The van der Waals surface area contributed by atoms with E-state index in [4.69, 9.17) is 9.47 Å². The van der Waals surface area contributed by atoms with Gasteiger partial charge in [0.2, 0.25) is 5.91 Å². The Kier molecular flexibility index (Phi) is 5.87. The first kappa shape index (κ1) is 15.6. The molecule has 0 spiro atoms. The van der Waals surface area contributed by atoms with E-state index < -0.39 is 0 Å². The Hall–Kier alpha value is -1.75. The molecule has 0 saturated carbocycles. The van der Waals surface area contributed by atoms with Crippen molar-refractivity contribution < 1.29 is 14.3 Å². The third kappa shape index (κ3) is 4.63. The molecular weight excluding hydrogens is 268 g/mol. The molecule has 1 aromatic rings. The van der Waals surface area contributed by atoms with E-state index in [0.717, 1.165) is 18.7 Å². The average Bonchev–Trinajstić information content (AvgIpc) is 3.00. The van der Waals surface area contributed by atoms with E-state index in [0.29, 0.717) is 30.6 Å². The molecule has 0 aromatic heterocycles. The van der Waals surface area contributed by atoms with Gasteiger partial charge in [-0.15, -0.1) is 0 Å². The summed E-state index contributed by atoms with van der Waals surface area (Å²) < 4.78 is 10.7. The van der Waals surface area contributed by atoms with Gasteiger partial charge in [-0.2, -0.15) is 0 Å². The van der Waals surface area contributed by atoms with Crippen LogP contribution in [0.25, 0.3) is 0 Å². The predicted molar refractivity (Wildman–Crippen MR) is 83.1 cm³/mol. The summed E-state index contributed by atoms with van der Waals surface area (Å²) in [4.78, 5) is 12.0. The zero-order valence-corrected chi connectivity index (χ0v) is 12.8. The minimum Gasteiger partial charge on any atom is -0.493 e. The maximum Gasteiger partial charge on any atom is 0.224 e. The first-order valence-electron chi connectivity index (χ1n) is 7.57. The quantitative estimate of drug-likeness (QED) is 0.811. The van der Waals surface area contributed by atoms with Crippen LogP contribution >= 0.6 is 0 Å². The molecule has 1 saturated heterocycles. The van der Waals surface area contributed by atoms with Crippen molar-refractivity contribution in [3.63, 3.8) is 0 Å². The molecule has 1 aliphatic heterocycles. The van der Waals surface area contributed by atoms with Crippen LogP contribution in [0.4, 0.5) is 5.69 Å². The second-order valence-electron chi connectivity index (χ2n) is 5.18. The molecule has 0 aliphatic carbocycles. The lowest BCUT2D eigenvalue weighted by Gasteiger charge is -2.13. The molecule has 1 aromatic carbocycles. The predicted octanol–water partition coefficient (Wildman–Crippen LogP) is 2.56. The van der Waals surface area contributed by atoms with Crippen molar-refractivity contribution in [2.75, 3.05) is 25.6 Å². The van der Waals surface area contributed by atoms with E-state index in [1.165, 1.54) is 12.8 Å². The van der Waals surface area contributed by atoms with Crippen molar-refractivity contribution >= 4 is 11.6 Å². The average molecular weight is 292 g/mol. The summed E-state index contributed by atoms with van der Waals surface area (Å²) in [5.74, 6) is 1.36. The fourth-order valence-electron chi connectivity index (χ4n) is 2.55. The summed E-state index contributed by atoms with van der Waals surface area (Å²) in [5, 5.41) is 6.31. The SMILES string of the molecule is CCOc1ccc(NC(=O)CCC2CCCN2)cc1OC. The number of ether oxygens (including phenoxy) is 2. The minimum absolute atomic E-state index is 0.0370. The van der Waals surface area contributed by atoms with Crippen LogP contribution in [0.3, 0.4) is 0 Å². The van der Waals surface area contributed by atoms with Gasteiger partial charge in [0.1, 0.15) is 0 Å². The highest BCUT2D eigenvalue weighted by molar-refractivity contribution is 5.91. The van der Waals surface area contributed by atoms with Crippen molar-refractivity contribution in [2.24, 2.45) is 0 Å². The highest BCUT2D eigenvalue weighted by atomic mass is 16.5. The molecule has 1 fully saturated rings. The number of hydrogen-bond acceptors (Lipinski definition) is 4. The Morgan fingerprint density at radius 3 is 2.95 bits per heavy atom. The highest BCUT2D eigenvalue weighted by Gasteiger charge is 2.15. The Morgan fingerprint density at radius 1 is 1.43 bits per heavy atom. The van der Waals surface area contributed by atoms with E-state index in [9.17, 15) is 4.79 Å². The molecule has 0 bridgehead atoms. The van der Waals surface area contributed by atoms with Gasteiger partial charge in [-0.25, -0.2) is 0 Å². The monoisotopic (exact) mass is 292 g/mol. The Morgan fingerprint density at radius 2 is 2.29 bits per heavy atom. The second-order valence-corrected chi connectivity index (χ2v) is 5.18. The topological polar surface area (TPSA) is 59.6 Å². The largest absolute Gasteiger partial charge is 0.493 e. The van der Waals surface area contributed by atoms with E-state index >= 15 is 0 Å². The van der Waals surface area contributed by atoms with Crippen LogP contribution in [-0.4, -0.2) is 32.2 Å². The Bertz CT molecular complexity index is 471. The first-order chi connectivity index (χ1) is 10.2. The van der Waals surface area contributed by atoms with Gasteiger partial charge >= 0.3 is 0 Å². The van der Waals surface area contributed by atoms with Crippen molar-refractivity contribution in [3.8, 4) is 11.5 Å². The number of carbonyl (C=O) groups is 1. The second kappa shape index (κ2) is 7.88. The number of nitrogens with one attached hydrogen (secondary N) is 2. The Balaban J connectivity index is 1.87. The Labute approximate surface area is 126 Å². The summed E-state index contributed by atoms with van der Waals surface area (Å²) >= 11 is 0. The summed E-state index contributed by atoms with van der Waals surface area (Å²) in [7, 11) is 1.59. The number of benzene rings is 1. The van der Waals surface area contributed by atoms with Crippen LogP contribution in [0.2, 0.25) is 0 Å². The lowest BCUT2D eigenvalue weighted by molar-refractivity contribution is -0.116. The molecule has 0 radical (unpaired) electrons. The molecule has 5 heteroatoms. The fraction of sp³-hybridized carbons (Fsp3) is 0.562. The highest BCUT2D eigenvalue weighted by Crippen LogP contribution is 2.30. The van der Waals surface area contributed by atoms with E-state index in [1.54, 1.807) is 13.2 Å². The van der Waals surface area contributed by atoms with Crippen LogP contribution < -0.4 is 20.1 Å². The summed E-state index contributed by atoms with van der Waals surface area (Å²) in [5.41, 5.74) is 0.736. The smallest absolute Gasteiger partial charge is 0.224 e. The molecule has 1 unspecified atom stereocenters. The molecule has 1 atom stereocenters. The molecule has 2 N–H and O–H groups in total. The van der Waals surface area contributed by atoms with Gasteiger partial charge in [-0.05, 0) is 44.9 Å². The summed E-state index contributed by atoms with van der Waals surface area (Å²) in [6.45, 7) is 3.57. The summed E-state index contributed by atoms with van der Waals surface area (Å²) in [6.07, 6.45) is 3.81. The van der Waals surface area contributed by atoms with Crippen molar-refractivity contribution in [1.29, 1.82) is 0 Å². The first-order valence-corrected chi connectivity index (χ1v) is 7.57. The number of amides is 1. The third-order valence-electron chi connectivity index (χ3n) is 3.63. The van der Waals surface area contributed by atoms with Crippen LogP contribution in [0.5, 0.6) is 11.5 Å². The van der Waals surface area contributed by atoms with Gasteiger partial charge in [0.05, 0.1) is 13.7 Å². The van der Waals surface area contributed by atoms with E-state index in [2.05, 4.69) is 10.6 Å². The molecule has 5 nitrogen and oxygen atoms in total. The summed E-state index contributed by atoms with van der Waals surface area (Å²) in [6, 6.07) is 5.93. The van der Waals surface area contributed by atoms with Crippen LogP contribution in [-0.2, 0) is 4.79 Å². The van der Waals surface area contributed by atoms with Gasteiger partial charge in [-0.1, -0.05) is 0 Å². The van der Waals surface area contributed by atoms with E-state index in [-0.39, 0.29) is 5.91 Å². The minimum atomic E-state index is 0.0370. The lowest BCUT2D eigenvalue weighted by Crippen LogP contribution is -2.23. The van der Waals surface area contributed by atoms with Gasteiger partial charge in [0.15, 0.2) is 11.5 Å². The van der Waals surface area contributed by atoms with Gasteiger partial charge in [0, 0.05) is 24.2 Å². The molecular formula is C16H24N2O3. The number of hydrogen-bond donors (Lipinski definition) is 2. The van der Waals surface area contributed by atoms with E-state index in [1.807, 2.05) is 19.1 Å². The number of rotatable bonds is 7. The van der Waals surface area contributed by atoms with Gasteiger partial charge < -0.3 is 20.1 Å². The van der Waals surface area contributed by atoms with Gasteiger partial charge in [-0.3, -0.25) is 4.79 Å². The molecule has 116 valence electrons. The zero-order valence-electron chi connectivity index (χ0n) is 12.8. The third-order valence-corrected chi connectivity index (χ3v) is 3.63. The number of carbonyl (C=O) groups excluding carboxylic acids is 1. The molecule has 2 rings (SSSR count). The number of methoxy groups -OCH3 is 1.